The first-order valence-electron chi connectivity index (χ1n) is 4.99. The van der Waals surface area contributed by atoms with Gasteiger partial charge in [-0.05, 0) is 24.5 Å². The van der Waals surface area contributed by atoms with Gasteiger partial charge in [0.25, 0.3) is 5.95 Å². The van der Waals surface area contributed by atoms with Crippen LogP contribution in [-0.4, -0.2) is 36.8 Å². The summed E-state index contributed by atoms with van der Waals surface area (Å²) in [7, 11) is 3.81. The van der Waals surface area contributed by atoms with Gasteiger partial charge in [-0.25, -0.2) is 0 Å². The van der Waals surface area contributed by atoms with Gasteiger partial charge >= 0.3 is 0 Å². The minimum atomic E-state index is 0.519. The summed E-state index contributed by atoms with van der Waals surface area (Å²) in [6.45, 7) is 1.11. The molecule has 0 aromatic carbocycles. The highest BCUT2D eigenvalue weighted by molar-refractivity contribution is 5.23. The fourth-order valence-electron chi connectivity index (χ4n) is 1.65. The molecule has 1 aromatic heterocycles. The van der Waals surface area contributed by atoms with Crippen molar-refractivity contribution in [2.75, 3.05) is 25.5 Å². The molecule has 5 heteroatoms. The molecule has 1 fully saturated rings. The van der Waals surface area contributed by atoms with Crippen LogP contribution >= 0.6 is 0 Å². The smallest absolute Gasteiger partial charge is 0.265 e. The summed E-state index contributed by atoms with van der Waals surface area (Å²) in [5.74, 6) is 1.38. The van der Waals surface area contributed by atoms with E-state index in [2.05, 4.69) is 15.5 Å². The summed E-state index contributed by atoms with van der Waals surface area (Å²) in [4.78, 5) is 6.12. The number of nitrogens with zero attached hydrogens (tertiary/aromatic N) is 3. The highest BCUT2D eigenvalue weighted by Gasteiger charge is 2.18. The molecule has 1 aliphatic rings. The largest absolute Gasteiger partial charge is 0.344 e. The van der Waals surface area contributed by atoms with Crippen molar-refractivity contribution in [1.82, 2.24) is 15.5 Å². The van der Waals surface area contributed by atoms with Crippen LogP contribution in [0.1, 0.15) is 18.7 Å². The van der Waals surface area contributed by atoms with Crippen molar-refractivity contribution >= 4 is 5.95 Å². The minimum Gasteiger partial charge on any atom is -0.344 e. The maximum atomic E-state index is 5.15. The van der Waals surface area contributed by atoms with Gasteiger partial charge in [0, 0.05) is 26.6 Å². The van der Waals surface area contributed by atoms with Crippen LogP contribution in [0, 0.1) is 0 Å². The van der Waals surface area contributed by atoms with Crippen molar-refractivity contribution in [1.29, 1.82) is 0 Å². The van der Waals surface area contributed by atoms with E-state index in [0.717, 1.165) is 18.9 Å². The van der Waals surface area contributed by atoms with Gasteiger partial charge in [-0.1, -0.05) is 0 Å². The number of hydrogen-bond acceptors (Lipinski definition) is 5. The lowest BCUT2D eigenvalue weighted by Gasteiger charge is -2.05. The number of anilines is 1. The SMILES string of the molecule is CN(C)c1noc(CC2CCCN2)n1. The number of aromatic nitrogens is 2. The van der Waals surface area contributed by atoms with E-state index in [1.165, 1.54) is 12.8 Å². The molecule has 5 nitrogen and oxygen atoms in total. The van der Waals surface area contributed by atoms with Crippen molar-refractivity contribution in [3.63, 3.8) is 0 Å². The van der Waals surface area contributed by atoms with E-state index in [1.54, 1.807) is 0 Å². The molecular weight excluding hydrogens is 180 g/mol. The van der Waals surface area contributed by atoms with Gasteiger partial charge in [-0.15, -0.1) is 0 Å². The van der Waals surface area contributed by atoms with E-state index in [9.17, 15) is 0 Å². The molecule has 1 aromatic rings. The summed E-state index contributed by atoms with van der Waals surface area (Å²) >= 11 is 0. The second-order valence-electron chi connectivity index (χ2n) is 3.88. The van der Waals surface area contributed by atoms with Crippen molar-refractivity contribution < 1.29 is 4.52 Å². The molecule has 0 radical (unpaired) electrons. The topological polar surface area (TPSA) is 54.2 Å². The van der Waals surface area contributed by atoms with Crippen LogP contribution < -0.4 is 10.2 Å². The average molecular weight is 196 g/mol. The van der Waals surface area contributed by atoms with Crippen molar-refractivity contribution in [2.24, 2.45) is 0 Å². The molecule has 0 bridgehead atoms. The first kappa shape index (κ1) is 9.45. The summed E-state index contributed by atoms with van der Waals surface area (Å²) < 4.78 is 5.15. The fraction of sp³-hybridized carbons (Fsp3) is 0.778. The highest BCUT2D eigenvalue weighted by Crippen LogP contribution is 2.12. The first-order chi connectivity index (χ1) is 6.75. The molecule has 1 N–H and O–H groups in total. The van der Waals surface area contributed by atoms with Crippen LogP contribution in [0.3, 0.4) is 0 Å². The van der Waals surface area contributed by atoms with E-state index in [-0.39, 0.29) is 0 Å². The Bertz CT molecular complexity index is 291. The quantitative estimate of drug-likeness (QED) is 0.759. The zero-order valence-corrected chi connectivity index (χ0v) is 8.66. The molecule has 2 rings (SSSR count). The Kier molecular flexibility index (Phi) is 2.67. The maximum absolute atomic E-state index is 5.15. The number of hydrogen-bond donors (Lipinski definition) is 1. The Balaban J connectivity index is 1.95. The Morgan fingerprint density at radius 2 is 2.43 bits per heavy atom. The van der Waals surface area contributed by atoms with Crippen LogP contribution in [0.15, 0.2) is 4.52 Å². The lowest BCUT2D eigenvalue weighted by atomic mass is 10.2. The predicted octanol–water partition coefficient (Wildman–Crippen LogP) is 0.430. The van der Waals surface area contributed by atoms with Gasteiger partial charge in [0.15, 0.2) is 0 Å². The average Bonchev–Trinajstić information content (AvgIpc) is 2.75. The summed E-state index contributed by atoms with van der Waals surface area (Å²) in [5.41, 5.74) is 0. The van der Waals surface area contributed by atoms with Crippen molar-refractivity contribution in [2.45, 2.75) is 25.3 Å². The standard InChI is InChI=1S/C9H16N4O/c1-13(2)9-11-8(14-12-9)6-7-4-3-5-10-7/h7,10H,3-6H2,1-2H3. The Morgan fingerprint density at radius 3 is 3.00 bits per heavy atom. The molecular formula is C9H16N4O. The van der Waals surface area contributed by atoms with Gasteiger partial charge in [0.1, 0.15) is 0 Å². The van der Waals surface area contributed by atoms with Crippen molar-refractivity contribution in [3.05, 3.63) is 5.89 Å². The Labute approximate surface area is 83.5 Å². The van der Waals surface area contributed by atoms with E-state index in [4.69, 9.17) is 4.52 Å². The van der Waals surface area contributed by atoms with Gasteiger partial charge in [-0.2, -0.15) is 4.98 Å². The molecule has 0 saturated carbocycles. The monoisotopic (exact) mass is 196 g/mol. The van der Waals surface area contributed by atoms with E-state index < -0.39 is 0 Å². The van der Waals surface area contributed by atoms with Gasteiger partial charge in [0.05, 0.1) is 0 Å². The van der Waals surface area contributed by atoms with Crippen molar-refractivity contribution in [3.8, 4) is 0 Å². The van der Waals surface area contributed by atoms with E-state index in [0.29, 0.717) is 12.0 Å². The summed E-state index contributed by atoms with van der Waals surface area (Å²) in [6.07, 6.45) is 3.31. The van der Waals surface area contributed by atoms with E-state index >= 15 is 0 Å². The second kappa shape index (κ2) is 3.96. The Hall–Kier alpha value is -1.10. The molecule has 1 atom stereocenters. The molecule has 1 aliphatic heterocycles. The molecule has 0 spiro atoms. The molecule has 2 heterocycles. The van der Waals surface area contributed by atoms with Gasteiger partial charge in [0.2, 0.25) is 5.89 Å². The third-order valence-corrected chi connectivity index (χ3v) is 2.44. The second-order valence-corrected chi connectivity index (χ2v) is 3.88. The molecule has 0 aliphatic carbocycles. The number of nitrogens with one attached hydrogen (secondary N) is 1. The van der Waals surface area contributed by atoms with Crippen LogP contribution in [0.25, 0.3) is 0 Å². The molecule has 78 valence electrons. The third-order valence-electron chi connectivity index (χ3n) is 2.44. The first-order valence-corrected chi connectivity index (χ1v) is 4.99. The highest BCUT2D eigenvalue weighted by atomic mass is 16.5. The van der Waals surface area contributed by atoms with Gasteiger partial charge in [-0.3, -0.25) is 0 Å². The number of rotatable bonds is 3. The lowest BCUT2D eigenvalue weighted by molar-refractivity contribution is 0.364. The normalized spacial score (nSPS) is 21.4. The summed E-state index contributed by atoms with van der Waals surface area (Å²) in [5, 5.41) is 7.27. The third kappa shape index (κ3) is 2.04. The lowest BCUT2D eigenvalue weighted by Crippen LogP contribution is -2.23. The zero-order chi connectivity index (χ0) is 9.97. The van der Waals surface area contributed by atoms with E-state index in [1.807, 2.05) is 19.0 Å². The maximum Gasteiger partial charge on any atom is 0.265 e. The molecule has 1 saturated heterocycles. The van der Waals surface area contributed by atoms with Crippen LogP contribution in [0.2, 0.25) is 0 Å². The van der Waals surface area contributed by atoms with Crippen LogP contribution in [0.5, 0.6) is 0 Å². The molecule has 1 unspecified atom stereocenters. The fourth-order valence-corrected chi connectivity index (χ4v) is 1.65. The summed E-state index contributed by atoms with van der Waals surface area (Å²) in [6, 6.07) is 0.519. The van der Waals surface area contributed by atoms with Gasteiger partial charge < -0.3 is 14.7 Å². The van der Waals surface area contributed by atoms with Crippen LogP contribution in [-0.2, 0) is 6.42 Å². The Morgan fingerprint density at radius 1 is 1.57 bits per heavy atom. The predicted molar refractivity (Wildman–Crippen MR) is 53.4 cm³/mol. The molecule has 14 heavy (non-hydrogen) atoms. The molecule has 0 amide bonds. The minimum absolute atomic E-state index is 0.519. The zero-order valence-electron chi connectivity index (χ0n) is 8.66. The van der Waals surface area contributed by atoms with Crippen LogP contribution in [0.4, 0.5) is 5.95 Å².